The molecule has 1 atom stereocenters. The van der Waals surface area contributed by atoms with Gasteiger partial charge in [0.25, 0.3) is 0 Å². The highest BCUT2D eigenvalue weighted by molar-refractivity contribution is 7.76. The van der Waals surface area contributed by atoms with Crippen molar-refractivity contribution in [2.45, 2.75) is 150 Å². The summed E-state index contributed by atoms with van der Waals surface area (Å²) in [4.78, 5) is 0. The fourth-order valence-corrected chi connectivity index (χ4v) is 10.6. The van der Waals surface area contributed by atoms with Crippen LogP contribution in [-0.2, 0) is 0 Å². The van der Waals surface area contributed by atoms with Crippen LogP contribution in [0.1, 0.15) is 144 Å². The lowest BCUT2D eigenvalue weighted by molar-refractivity contribution is 0.532. The maximum absolute atomic E-state index is 4.11. The number of nitrogens with one attached hydrogen (secondary N) is 1. The maximum atomic E-state index is 4.11. The third-order valence-corrected chi connectivity index (χ3v) is 12.3. The van der Waals surface area contributed by atoms with Crippen molar-refractivity contribution in [3.63, 3.8) is 0 Å². The molecule has 0 rings (SSSR count). The van der Waals surface area contributed by atoms with Gasteiger partial charge in [0, 0.05) is 7.26 Å². The molecule has 0 amide bonds. The summed E-state index contributed by atoms with van der Waals surface area (Å²) in [5, 5.41) is 4.11. The van der Waals surface area contributed by atoms with E-state index in [0.717, 1.165) is 5.78 Å². The Labute approximate surface area is 187 Å². The van der Waals surface area contributed by atoms with Crippen molar-refractivity contribution in [2.75, 3.05) is 25.0 Å². The molecule has 0 aromatic carbocycles. The van der Waals surface area contributed by atoms with Crippen LogP contribution in [0.25, 0.3) is 0 Å². The largest absolute Gasteiger partial charge is 0.283 e. The minimum Gasteiger partial charge on any atom is -0.283 e. The Bertz CT molecular complexity index is 296. The third kappa shape index (κ3) is 14.9. The number of hydrogen-bond acceptors (Lipinski definition) is 1. The topological polar surface area (TPSA) is 12.0 Å². The van der Waals surface area contributed by atoms with E-state index in [4.69, 9.17) is 0 Å². The molecule has 0 bridgehead atoms. The molecular weight excluding hydrogens is 369 g/mol. The van der Waals surface area contributed by atoms with Crippen LogP contribution in [0.15, 0.2) is 0 Å². The van der Waals surface area contributed by atoms with Crippen molar-refractivity contribution < 1.29 is 0 Å². The molecule has 0 aromatic rings. The summed E-state index contributed by atoms with van der Waals surface area (Å²) in [5.41, 5.74) is 0. The number of hydrogen-bond donors (Lipinski definition) is 1. The highest BCUT2D eigenvalue weighted by Gasteiger charge is 2.42. The van der Waals surface area contributed by atoms with Gasteiger partial charge in [-0.25, -0.2) is 0 Å². The molecule has 0 saturated carbocycles. The van der Waals surface area contributed by atoms with E-state index in [-0.39, 0.29) is 0 Å². The Morgan fingerprint density at radius 1 is 0.483 bits per heavy atom. The Balaban J connectivity index is 4.30. The zero-order valence-corrected chi connectivity index (χ0v) is 22.3. The predicted octanol–water partition coefficient (Wildman–Crippen LogP) is 9.65. The smallest absolute Gasteiger partial charge is 0.119 e. The Morgan fingerprint density at radius 2 is 0.862 bits per heavy atom. The van der Waals surface area contributed by atoms with E-state index in [1.54, 1.807) is 18.5 Å². The van der Waals surface area contributed by atoms with Gasteiger partial charge in [-0.2, -0.15) is 0 Å². The van der Waals surface area contributed by atoms with Gasteiger partial charge in [0.05, 0.1) is 18.5 Å². The Hall–Kier alpha value is 0.390. The first kappa shape index (κ1) is 29.4. The lowest BCUT2D eigenvalue weighted by Gasteiger charge is -2.35. The molecule has 0 heterocycles. The van der Waals surface area contributed by atoms with Gasteiger partial charge in [-0.1, -0.05) is 112 Å². The molecular formula is C27H59NP+. The molecule has 0 fully saturated rings. The van der Waals surface area contributed by atoms with Crippen LogP contribution >= 0.6 is 7.26 Å². The summed E-state index contributed by atoms with van der Waals surface area (Å²) in [6, 6.07) is 0. The van der Waals surface area contributed by atoms with Gasteiger partial charge in [-0.05, 0) is 38.6 Å². The van der Waals surface area contributed by atoms with E-state index in [9.17, 15) is 0 Å². The fraction of sp³-hybridized carbons (Fsp3) is 1.00. The first-order valence-electron chi connectivity index (χ1n) is 13.8. The van der Waals surface area contributed by atoms with Crippen LogP contribution in [0, 0.1) is 0 Å². The molecule has 0 aliphatic carbocycles. The minimum absolute atomic E-state index is 0.839. The summed E-state index contributed by atoms with van der Waals surface area (Å²) in [7, 11) is -0.847. The average Bonchev–Trinajstić information content (AvgIpc) is 2.74. The maximum Gasteiger partial charge on any atom is 0.119 e. The Kier molecular flexibility index (Phi) is 21.9. The lowest BCUT2D eigenvalue weighted by Crippen LogP contribution is -2.35. The van der Waals surface area contributed by atoms with Crippen molar-refractivity contribution in [3.8, 4) is 0 Å². The molecule has 1 nitrogen and oxygen atoms in total. The van der Waals surface area contributed by atoms with Gasteiger partial charge in [0.1, 0.15) is 5.78 Å². The second kappa shape index (κ2) is 21.6. The third-order valence-electron chi connectivity index (χ3n) is 6.83. The zero-order valence-electron chi connectivity index (χ0n) is 21.4. The molecule has 0 aliphatic heterocycles. The average molecular weight is 429 g/mol. The van der Waals surface area contributed by atoms with Crippen LogP contribution in [0.5, 0.6) is 0 Å². The SMILES string of the molecule is CCCCCCCCCCCCNC(CC)[P+](CCCC)(CCCC)CCCC. The molecule has 2 heteroatoms. The first-order chi connectivity index (χ1) is 14.2. The fourth-order valence-electron chi connectivity index (χ4n) is 4.83. The summed E-state index contributed by atoms with van der Waals surface area (Å²) < 4.78 is 0. The summed E-state index contributed by atoms with van der Waals surface area (Å²) in [6.45, 7) is 13.2. The van der Waals surface area contributed by atoms with Gasteiger partial charge >= 0.3 is 0 Å². The van der Waals surface area contributed by atoms with Crippen LogP contribution in [0.3, 0.4) is 0 Å². The molecule has 0 radical (unpaired) electrons. The Morgan fingerprint density at radius 3 is 1.24 bits per heavy atom. The zero-order chi connectivity index (χ0) is 21.6. The molecule has 1 N–H and O–H groups in total. The summed E-state index contributed by atoms with van der Waals surface area (Å²) in [5.74, 6) is 0.839. The molecule has 0 aliphatic rings. The second-order valence-corrected chi connectivity index (χ2v) is 13.9. The number of unbranched alkanes of at least 4 members (excludes halogenated alkanes) is 12. The molecule has 0 spiro atoms. The van der Waals surface area contributed by atoms with Crippen molar-refractivity contribution in [2.24, 2.45) is 0 Å². The van der Waals surface area contributed by atoms with Crippen molar-refractivity contribution in [3.05, 3.63) is 0 Å². The van der Waals surface area contributed by atoms with Crippen molar-refractivity contribution in [1.29, 1.82) is 0 Å². The number of rotatable bonds is 23. The highest BCUT2D eigenvalue weighted by atomic mass is 31.2. The van der Waals surface area contributed by atoms with E-state index < -0.39 is 7.26 Å². The van der Waals surface area contributed by atoms with Crippen LogP contribution in [0.2, 0.25) is 0 Å². The van der Waals surface area contributed by atoms with Crippen molar-refractivity contribution >= 4 is 7.26 Å². The molecule has 0 aromatic heterocycles. The van der Waals surface area contributed by atoms with Gasteiger partial charge in [0.2, 0.25) is 0 Å². The second-order valence-electron chi connectivity index (χ2n) is 9.51. The lowest BCUT2D eigenvalue weighted by atomic mass is 10.1. The minimum atomic E-state index is -0.847. The quantitative estimate of drug-likeness (QED) is 0.126. The first-order valence-corrected chi connectivity index (χ1v) is 16.2. The van der Waals surface area contributed by atoms with E-state index in [1.807, 2.05) is 0 Å². The van der Waals surface area contributed by atoms with Crippen LogP contribution in [-0.4, -0.2) is 30.8 Å². The summed E-state index contributed by atoms with van der Waals surface area (Å²) in [6.07, 6.45) is 28.9. The summed E-state index contributed by atoms with van der Waals surface area (Å²) >= 11 is 0. The van der Waals surface area contributed by atoms with Crippen LogP contribution in [0.4, 0.5) is 0 Å². The molecule has 176 valence electrons. The molecule has 29 heavy (non-hydrogen) atoms. The van der Waals surface area contributed by atoms with Gasteiger partial charge < -0.3 is 0 Å². The predicted molar refractivity (Wildman–Crippen MR) is 140 cm³/mol. The monoisotopic (exact) mass is 428 g/mol. The van der Waals surface area contributed by atoms with E-state index >= 15 is 0 Å². The normalized spacial score (nSPS) is 13.1. The van der Waals surface area contributed by atoms with E-state index in [2.05, 4.69) is 39.9 Å². The molecule has 1 unspecified atom stereocenters. The van der Waals surface area contributed by atoms with E-state index in [1.165, 1.54) is 116 Å². The van der Waals surface area contributed by atoms with Gasteiger partial charge in [-0.15, -0.1) is 0 Å². The van der Waals surface area contributed by atoms with Gasteiger partial charge in [-0.3, -0.25) is 5.32 Å². The standard InChI is InChI=1S/C27H59NP/c1-6-11-15-16-17-18-19-20-21-22-23-28-27(10-5)29(24-12-7-2,25-13-8-3)26-14-9-4/h27-28H,6-26H2,1-5H3/q+1. The molecule has 0 saturated heterocycles. The van der Waals surface area contributed by atoms with Crippen LogP contribution < -0.4 is 5.32 Å². The highest BCUT2D eigenvalue weighted by Crippen LogP contribution is 2.64. The van der Waals surface area contributed by atoms with Crippen molar-refractivity contribution in [1.82, 2.24) is 5.32 Å². The van der Waals surface area contributed by atoms with E-state index in [0.29, 0.717) is 0 Å². The van der Waals surface area contributed by atoms with Gasteiger partial charge in [0.15, 0.2) is 0 Å².